The maximum atomic E-state index is 6.09. The van der Waals surface area contributed by atoms with Crippen molar-refractivity contribution in [3.8, 4) is 0 Å². The summed E-state index contributed by atoms with van der Waals surface area (Å²) in [6, 6.07) is 7.71. The fraction of sp³-hybridized carbons (Fsp3) is 0.385. The van der Waals surface area contributed by atoms with Crippen LogP contribution in [0.4, 0.5) is 0 Å². The number of aryl methyl sites for hydroxylation is 1. The summed E-state index contributed by atoms with van der Waals surface area (Å²) in [6.45, 7) is 6.06. The molecule has 0 saturated heterocycles. The molecule has 0 bridgehead atoms. The van der Waals surface area contributed by atoms with E-state index >= 15 is 0 Å². The van der Waals surface area contributed by atoms with Gasteiger partial charge in [0.2, 0.25) is 5.89 Å². The average molecular weight is 231 g/mol. The van der Waals surface area contributed by atoms with E-state index in [0.717, 1.165) is 5.56 Å². The molecule has 1 unspecified atom stereocenters. The summed E-state index contributed by atoms with van der Waals surface area (Å²) in [5.74, 6) is 1.39. The van der Waals surface area contributed by atoms with Gasteiger partial charge in [-0.1, -0.05) is 48.8 Å². The molecular formula is C13H17N3O. The van der Waals surface area contributed by atoms with Crippen LogP contribution in [0.2, 0.25) is 0 Å². The van der Waals surface area contributed by atoms with E-state index in [1.807, 2.05) is 45.0 Å². The third-order valence-electron chi connectivity index (χ3n) is 2.67. The van der Waals surface area contributed by atoms with Crippen LogP contribution in [0.15, 0.2) is 28.8 Å². The van der Waals surface area contributed by atoms with Crippen molar-refractivity contribution in [2.24, 2.45) is 5.73 Å². The predicted octanol–water partition coefficient (Wildman–Crippen LogP) is 2.55. The van der Waals surface area contributed by atoms with Crippen LogP contribution in [0.3, 0.4) is 0 Å². The van der Waals surface area contributed by atoms with Crippen LogP contribution in [0.5, 0.6) is 0 Å². The lowest BCUT2D eigenvalue weighted by molar-refractivity contribution is 0.359. The zero-order valence-electron chi connectivity index (χ0n) is 10.3. The maximum absolute atomic E-state index is 6.09. The number of nitrogens with two attached hydrogens (primary N) is 1. The Hall–Kier alpha value is -1.68. The van der Waals surface area contributed by atoms with Crippen molar-refractivity contribution in [3.63, 3.8) is 0 Å². The summed E-state index contributed by atoms with van der Waals surface area (Å²) in [5.41, 5.74) is 8.29. The Morgan fingerprint density at radius 3 is 2.35 bits per heavy atom. The van der Waals surface area contributed by atoms with Gasteiger partial charge in [-0.3, -0.25) is 0 Å². The van der Waals surface area contributed by atoms with E-state index in [1.165, 1.54) is 5.56 Å². The molecule has 0 amide bonds. The van der Waals surface area contributed by atoms with Crippen molar-refractivity contribution in [1.82, 2.24) is 10.1 Å². The van der Waals surface area contributed by atoms with Crippen LogP contribution in [0, 0.1) is 6.92 Å². The molecule has 1 aromatic heterocycles. The maximum Gasteiger partial charge on any atom is 0.229 e. The second-order valence-electron chi connectivity index (χ2n) is 4.53. The third-order valence-corrected chi connectivity index (χ3v) is 2.67. The Labute approximate surface area is 101 Å². The largest absolute Gasteiger partial charge is 0.339 e. The molecule has 2 aromatic rings. The quantitative estimate of drug-likeness (QED) is 0.881. The third kappa shape index (κ3) is 2.53. The van der Waals surface area contributed by atoms with E-state index in [4.69, 9.17) is 10.3 Å². The number of rotatable bonds is 3. The average Bonchev–Trinajstić information content (AvgIpc) is 2.78. The van der Waals surface area contributed by atoms with Gasteiger partial charge in [-0.25, -0.2) is 0 Å². The zero-order valence-corrected chi connectivity index (χ0v) is 10.3. The van der Waals surface area contributed by atoms with E-state index in [-0.39, 0.29) is 12.0 Å². The van der Waals surface area contributed by atoms with Gasteiger partial charge in [-0.15, -0.1) is 0 Å². The van der Waals surface area contributed by atoms with E-state index in [1.54, 1.807) is 0 Å². The van der Waals surface area contributed by atoms with Crippen LogP contribution in [-0.4, -0.2) is 10.1 Å². The molecule has 1 heterocycles. The fourth-order valence-electron chi connectivity index (χ4n) is 1.53. The fourth-order valence-corrected chi connectivity index (χ4v) is 1.53. The van der Waals surface area contributed by atoms with Crippen LogP contribution in [-0.2, 0) is 0 Å². The van der Waals surface area contributed by atoms with Crippen molar-refractivity contribution in [3.05, 3.63) is 47.1 Å². The van der Waals surface area contributed by atoms with Crippen LogP contribution in [0.1, 0.15) is 48.6 Å². The first-order chi connectivity index (χ1) is 8.08. The molecular weight excluding hydrogens is 214 g/mol. The van der Waals surface area contributed by atoms with Crippen LogP contribution >= 0.6 is 0 Å². The number of benzene rings is 1. The van der Waals surface area contributed by atoms with Crippen molar-refractivity contribution >= 4 is 0 Å². The summed E-state index contributed by atoms with van der Waals surface area (Å²) in [6.07, 6.45) is 0. The molecule has 0 saturated carbocycles. The topological polar surface area (TPSA) is 64.9 Å². The molecule has 1 atom stereocenters. The number of hydrogen-bond donors (Lipinski definition) is 1. The van der Waals surface area contributed by atoms with Crippen molar-refractivity contribution in [1.29, 1.82) is 0 Å². The molecule has 0 fully saturated rings. The number of nitrogens with zero attached hydrogens (tertiary/aromatic N) is 2. The van der Waals surface area contributed by atoms with Crippen molar-refractivity contribution in [2.75, 3.05) is 0 Å². The Morgan fingerprint density at radius 1 is 1.18 bits per heavy atom. The highest BCUT2D eigenvalue weighted by Gasteiger charge is 2.17. The van der Waals surface area contributed by atoms with Gasteiger partial charge in [0, 0.05) is 5.92 Å². The molecule has 17 heavy (non-hydrogen) atoms. The first kappa shape index (κ1) is 11.8. The minimum Gasteiger partial charge on any atom is -0.339 e. The van der Waals surface area contributed by atoms with Gasteiger partial charge < -0.3 is 10.3 Å². The second kappa shape index (κ2) is 4.67. The molecule has 4 heteroatoms. The standard InChI is InChI=1S/C13H17N3O/c1-8(2)13-15-12(16-17-13)11(14)10-6-4-9(3)5-7-10/h4-8,11H,14H2,1-3H3. The highest BCUT2D eigenvalue weighted by molar-refractivity contribution is 5.27. The van der Waals surface area contributed by atoms with Gasteiger partial charge in [0.15, 0.2) is 5.82 Å². The highest BCUT2D eigenvalue weighted by atomic mass is 16.5. The number of aromatic nitrogens is 2. The molecule has 1 aromatic carbocycles. The second-order valence-corrected chi connectivity index (χ2v) is 4.53. The lowest BCUT2D eigenvalue weighted by atomic mass is 10.1. The summed E-state index contributed by atoms with van der Waals surface area (Å²) in [7, 11) is 0. The summed E-state index contributed by atoms with van der Waals surface area (Å²) in [4.78, 5) is 4.31. The SMILES string of the molecule is Cc1ccc(C(N)c2noc(C(C)C)n2)cc1. The van der Waals surface area contributed by atoms with Gasteiger partial charge >= 0.3 is 0 Å². The van der Waals surface area contributed by atoms with E-state index in [2.05, 4.69) is 10.1 Å². The molecule has 2 rings (SSSR count). The van der Waals surface area contributed by atoms with Gasteiger partial charge in [-0.05, 0) is 12.5 Å². The first-order valence-corrected chi connectivity index (χ1v) is 5.73. The van der Waals surface area contributed by atoms with Gasteiger partial charge in [0.05, 0.1) is 6.04 Å². The molecule has 0 aliphatic carbocycles. The first-order valence-electron chi connectivity index (χ1n) is 5.73. The molecule has 0 radical (unpaired) electrons. The van der Waals surface area contributed by atoms with Gasteiger partial charge in [0.25, 0.3) is 0 Å². The minimum absolute atomic E-state index is 0.224. The zero-order chi connectivity index (χ0) is 12.4. The lowest BCUT2D eigenvalue weighted by Crippen LogP contribution is -2.13. The summed E-state index contributed by atoms with van der Waals surface area (Å²) >= 11 is 0. The highest BCUT2D eigenvalue weighted by Crippen LogP contribution is 2.19. The molecule has 2 N–H and O–H groups in total. The van der Waals surface area contributed by atoms with Gasteiger partial charge in [0.1, 0.15) is 0 Å². The number of hydrogen-bond acceptors (Lipinski definition) is 4. The van der Waals surface area contributed by atoms with Crippen LogP contribution in [0.25, 0.3) is 0 Å². The lowest BCUT2D eigenvalue weighted by Gasteiger charge is -2.07. The molecule has 90 valence electrons. The molecule has 0 aliphatic heterocycles. The summed E-state index contributed by atoms with van der Waals surface area (Å²) < 4.78 is 5.15. The summed E-state index contributed by atoms with van der Waals surface area (Å²) in [5, 5.41) is 3.93. The van der Waals surface area contributed by atoms with Crippen molar-refractivity contribution < 1.29 is 4.52 Å². The monoisotopic (exact) mass is 231 g/mol. The Morgan fingerprint density at radius 2 is 1.82 bits per heavy atom. The Bertz CT molecular complexity index is 488. The van der Waals surface area contributed by atoms with E-state index in [9.17, 15) is 0 Å². The smallest absolute Gasteiger partial charge is 0.229 e. The Balaban J connectivity index is 2.24. The van der Waals surface area contributed by atoms with Crippen molar-refractivity contribution in [2.45, 2.75) is 32.7 Å². The van der Waals surface area contributed by atoms with Crippen LogP contribution < -0.4 is 5.73 Å². The Kier molecular flexibility index (Phi) is 3.24. The minimum atomic E-state index is -0.327. The van der Waals surface area contributed by atoms with E-state index in [0.29, 0.717) is 11.7 Å². The normalized spacial score (nSPS) is 13.0. The molecule has 0 spiro atoms. The predicted molar refractivity (Wildman–Crippen MR) is 65.6 cm³/mol. The van der Waals surface area contributed by atoms with E-state index < -0.39 is 0 Å². The molecule has 0 aliphatic rings. The van der Waals surface area contributed by atoms with Gasteiger partial charge in [-0.2, -0.15) is 4.98 Å². The molecule has 4 nitrogen and oxygen atoms in total.